The van der Waals surface area contributed by atoms with E-state index < -0.39 is 11.4 Å². The van der Waals surface area contributed by atoms with Crippen molar-refractivity contribution in [1.29, 1.82) is 5.26 Å². The van der Waals surface area contributed by atoms with E-state index in [1.54, 1.807) is 18.2 Å². The summed E-state index contributed by atoms with van der Waals surface area (Å²) in [5.74, 6) is 3.51. The van der Waals surface area contributed by atoms with Gasteiger partial charge in [-0.1, -0.05) is 60.1 Å². The SMILES string of the molecule is CC.CCC(C)(CCO)NC(=O)c1ccc2nc(CN3CC4CN(c5cccc(OCc6ccc(C#N)cc6F)n5)CC4C3)n(CC3CCO3)c2c1.CCC(C)C. The Kier molecular flexibility index (Phi) is 15.4. The van der Waals surface area contributed by atoms with Gasteiger partial charge >= 0.3 is 0 Å². The summed E-state index contributed by atoms with van der Waals surface area (Å²) in [7, 11) is 0. The number of ether oxygens (including phenoxy) is 2. The molecular weight excluding hydrogens is 722 g/mol. The fraction of sp³-hybridized carbons (Fsp3) is 0.556. The maximum Gasteiger partial charge on any atom is 0.251 e. The molecule has 1 amide bonds. The lowest BCUT2D eigenvalue weighted by Gasteiger charge is -2.29. The molecule has 0 aliphatic carbocycles. The second-order valence-corrected chi connectivity index (χ2v) is 15.9. The summed E-state index contributed by atoms with van der Waals surface area (Å²) in [6, 6.07) is 17.7. The number of hydrogen-bond acceptors (Lipinski definition) is 9. The largest absolute Gasteiger partial charge is 0.473 e. The quantitative estimate of drug-likeness (QED) is 0.132. The monoisotopic (exact) mass is 783 g/mol. The van der Waals surface area contributed by atoms with Crippen LogP contribution in [0.15, 0.2) is 54.6 Å². The van der Waals surface area contributed by atoms with Crippen LogP contribution in [0.2, 0.25) is 0 Å². The summed E-state index contributed by atoms with van der Waals surface area (Å²) in [6.07, 6.45) is 3.66. The molecular formula is C45H62FN7O4. The molecule has 11 nitrogen and oxygen atoms in total. The molecule has 3 aliphatic rings. The number of carbonyl (C=O) groups is 1. The Labute approximate surface area is 338 Å². The summed E-state index contributed by atoms with van der Waals surface area (Å²) in [6.45, 7) is 20.5. The standard InChI is InChI=1S/C38H44FN7O4.C5H12.C2H6/c1-3-38(2,12-13-47)43-37(48)26-9-10-32-33(16-26)46(22-30-11-14-49-30)35(41-32)23-44-18-28-20-45(21-29(28)19-44)34-5-4-6-36(42-34)50-24-27-8-7-25(17-40)15-31(27)39;1-4-5(2)3;1-2/h4-10,15-16,28-30,47H,3,11-14,18-24H2,1-2H3,(H,43,48);5H,4H2,1-3H3;1-2H3. The van der Waals surface area contributed by atoms with E-state index in [-0.39, 0.29) is 30.8 Å². The van der Waals surface area contributed by atoms with Gasteiger partial charge in [-0.2, -0.15) is 10.2 Å². The van der Waals surface area contributed by atoms with Crippen molar-refractivity contribution in [2.24, 2.45) is 17.8 Å². The van der Waals surface area contributed by atoms with Crippen LogP contribution in [0, 0.1) is 34.9 Å². The van der Waals surface area contributed by atoms with Crippen molar-refractivity contribution in [3.8, 4) is 11.9 Å². The van der Waals surface area contributed by atoms with Crippen LogP contribution in [0.1, 0.15) is 101 Å². The number of anilines is 1. The fourth-order valence-corrected chi connectivity index (χ4v) is 7.34. The van der Waals surface area contributed by atoms with Gasteiger partial charge in [0.1, 0.15) is 24.1 Å². The number of benzene rings is 2. The van der Waals surface area contributed by atoms with Crippen LogP contribution < -0.4 is 15.0 Å². The Morgan fingerprint density at radius 2 is 1.81 bits per heavy atom. The summed E-state index contributed by atoms with van der Waals surface area (Å²) in [5, 5.41) is 21.6. The molecule has 3 aliphatic heterocycles. The predicted molar refractivity (Wildman–Crippen MR) is 223 cm³/mol. The molecule has 4 aromatic rings. The molecule has 2 aromatic carbocycles. The van der Waals surface area contributed by atoms with Gasteiger partial charge in [0.15, 0.2) is 0 Å². The lowest BCUT2D eigenvalue weighted by Crippen LogP contribution is -2.46. The molecule has 4 atom stereocenters. The van der Waals surface area contributed by atoms with Crippen LogP contribution in [0.4, 0.5) is 10.2 Å². The Balaban J connectivity index is 0.000000823. The summed E-state index contributed by atoms with van der Waals surface area (Å²) in [4.78, 5) is 27.9. The second kappa shape index (κ2) is 20.2. The maximum atomic E-state index is 14.3. The van der Waals surface area contributed by atoms with Crippen LogP contribution >= 0.6 is 0 Å². The van der Waals surface area contributed by atoms with E-state index in [0.29, 0.717) is 48.4 Å². The van der Waals surface area contributed by atoms with Crippen molar-refractivity contribution in [3.63, 3.8) is 0 Å². The number of nitrogens with one attached hydrogen (secondary N) is 1. The van der Waals surface area contributed by atoms with Gasteiger partial charge in [-0.05, 0) is 80.3 Å². The van der Waals surface area contributed by atoms with Crippen molar-refractivity contribution in [3.05, 3.63) is 82.9 Å². The molecule has 5 heterocycles. The lowest BCUT2D eigenvalue weighted by molar-refractivity contribution is -0.0591. The van der Waals surface area contributed by atoms with E-state index in [2.05, 4.69) is 40.5 Å². The molecule has 308 valence electrons. The molecule has 2 N–H and O–H groups in total. The summed E-state index contributed by atoms with van der Waals surface area (Å²) in [5.41, 5.74) is 2.56. The van der Waals surface area contributed by atoms with Gasteiger partial charge in [0, 0.05) is 62.1 Å². The molecule has 0 saturated carbocycles. The number of carbonyl (C=O) groups excluding carboxylic acids is 1. The van der Waals surface area contributed by atoms with Crippen LogP contribution in [-0.2, 0) is 24.4 Å². The Morgan fingerprint density at radius 1 is 1.09 bits per heavy atom. The Morgan fingerprint density at radius 3 is 2.40 bits per heavy atom. The molecule has 2 aromatic heterocycles. The molecule has 0 spiro atoms. The number of aliphatic hydroxyl groups is 1. The smallest absolute Gasteiger partial charge is 0.251 e. The third-order valence-electron chi connectivity index (χ3n) is 11.5. The molecule has 4 unspecified atom stereocenters. The normalized spacial score (nSPS) is 19.7. The highest BCUT2D eigenvalue weighted by Crippen LogP contribution is 2.35. The van der Waals surface area contributed by atoms with Crippen molar-refractivity contribution in [1.82, 2.24) is 24.8 Å². The van der Waals surface area contributed by atoms with E-state index in [1.807, 2.05) is 64.1 Å². The van der Waals surface area contributed by atoms with Gasteiger partial charge in [-0.3, -0.25) is 9.69 Å². The number of aromatic nitrogens is 3. The number of aliphatic hydroxyl groups excluding tert-OH is 1. The highest BCUT2D eigenvalue weighted by molar-refractivity contribution is 5.98. The fourth-order valence-electron chi connectivity index (χ4n) is 7.34. The van der Waals surface area contributed by atoms with Crippen molar-refractivity contribution >= 4 is 22.8 Å². The highest BCUT2D eigenvalue weighted by Gasteiger charge is 2.41. The van der Waals surface area contributed by atoms with Gasteiger partial charge in [0.2, 0.25) is 5.88 Å². The average Bonchev–Trinajstić information content (AvgIpc) is 3.88. The summed E-state index contributed by atoms with van der Waals surface area (Å²) >= 11 is 0. The number of pyridine rings is 1. The molecule has 3 saturated heterocycles. The number of hydrogen-bond donors (Lipinski definition) is 2. The molecule has 7 rings (SSSR count). The number of nitriles is 1. The topological polar surface area (TPSA) is 129 Å². The predicted octanol–water partition coefficient (Wildman–Crippen LogP) is 7.74. The van der Waals surface area contributed by atoms with Gasteiger partial charge in [0.25, 0.3) is 5.91 Å². The average molecular weight is 784 g/mol. The number of nitrogens with zero attached hydrogens (tertiary/aromatic N) is 6. The molecule has 3 fully saturated rings. The lowest BCUT2D eigenvalue weighted by atomic mass is 9.94. The molecule has 12 heteroatoms. The van der Waals surface area contributed by atoms with E-state index >= 15 is 0 Å². The van der Waals surface area contributed by atoms with Crippen molar-refractivity contribution in [2.45, 2.75) is 105 Å². The zero-order valence-electron chi connectivity index (χ0n) is 34.9. The zero-order chi connectivity index (χ0) is 41.1. The van der Waals surface area contributed by atoms with Gasteiger partial charge in [0.05, 0.1) is 41.9 Å². The number of fused-ring (bicyclic) bond motifs is 2. The van der Waals surface area contributed by atoms with Gasteiger partial charge < -0.3 is 29.4 Å². The number of rotatable bonds is 14. The molecule has 0 bridgehead atoms. The summed E-state index contributed by atoms with van der Waals surface area (Å²) < 4.78 is 28.2. The Hall–Kier alpha value is -4.57. The molecule has 0 radical (unpaired) electrons. The first-order valence-corrected chi connectivity index (χ1v) is 20.8. The van der Waals surface area contributed by atoms with Crippen LogP contribution in [0.3, 0.4) is 0 Å². The van der Waals surface area contributed by atoms with Gasteiger partial charge in [-0.15, -0.1) is 0 Å². The third-order valence-corrected chi connectivity index (χ3v) is 11.5. The minimum absolute atomic E-state index is 0.0156. The number of imidazole rings is 1. The second-order valence-electron chi connectivity index (χ2n) is 15.9. The first-order valence-electron chi connectivity index (χ1n) is 20.8. The van der Waals surface area contributed by atoms with E-state index in [4.69, 9.17) is 24.7 Å². The van der Waals surface area contributed by atoms with E-state index in [1.165, 1.54) is 12.5 Å². The number of likely N-dealkylation sites (tertiary alicyclic amines) is 1. The van der Waals surface area contributed by atoms with Crippen LogP contribution in [0.5, 0.6) is 5.88 Å². The van der Waals surface area contributed by atoms with Crippen molar-refractivity contribution in [2.75, 3.05) is 44.3 Å². The van der Waals surface area contributed by atoms with Crippen LogP contribution in [-0.4, -0.2) is 81.5 Å². The van der Waals surface area contributed by atoms with E-state index in [0.717, 1.165) is 74.2 Å². The Bertz CT molecular complexity index is 1960. The van der Waals surface area contributed by atoms with Crippen molar-refractivity contribution < 1.29 is 23.8 Å². The zero-order valence-corrected chi connectivity index (χ0v) is 34.9. The van der Waals surface area contributed by atoms with Crippen LogP contribution in [0.25, 0.3) is 11.0 Å². The molecule has 57 heavy (non-hydrogen) atoms. The first-order chi connectivity index (χ1) is 27.5. The first kappa shape index (κ1) is 43.6. The number of amides is 1. The highest BCUT2D eigenvalue weighted by atomic mass is 19.1. The minimum Gasteiger partial charge on any atom is -0.473 e. The van der Waals surface area contributed by atoms with Gasteiger partial charge in [-0.25, -0.2) is 9.37 Å². The van der Waals surface area contributed by atoms with E-state index in [9.17, 15) is 14.3 Å². The third kappa shape index (κ3) is 11.1. The minimum atomic E-state index is -0.476. The number of halogens is 1. The maximum absolute atomic E-state index is 14.3.